The number of benzene rings is 2. The summed E-state index contributed by atoms with van der Waals surface area (Å²) in [5, 5.41) is 3.34. The van der Waals surface area contributed by atoms with Gasteiger partial charge in [-0.25, -0.2) is 0 Å². The lowest BCUT2D eigenvalue weighted by Crippen LogP contribution is -2.32. The standard InChI is InChI=1S/C16H21N3/c17-10-11-19-16(12-18)15-8-6-14(7-9-15)13-4-2-1-3-5-13/h1-9,16,19H,10-12,17-18H2. The summed E-state index contributed by atoms with van der Waals surface area (Å²) >= 11 is 0. The van der Waals surface area contributed by atoms with Crippen LogP contribution >= 0.6 is 0 Å². The highest BCUT2D eigenvalue weighted by Gasteiger charge is 2.08. The van der Waals surface area contributed by atoms with Crippen molar-refractivity contribution in [2.75, 3.05) is 19.6 Å². The van der Waals surface area contributed by atoms with Crippen molar-refractivity contribution in [2.24, 2.45) is 11.5 Å². The molecule has 19 heavy (non-hydrogen) atoms. The first-order valence-corrected chi connectivity index (χ1v) is 6.64. The summed E-state index contributed by atoms with van der Waals surface area (Å²) in [6, 6.07) is 19.1. The van der Waals surface area contributed by atoms with Gasteiger partial charge in [-0.05, 0) is 16.7 Å². The van der Waals surface area contributed by atoms with Crippen LogP contribution in [0.5, 0.6) is 0 Å². The second kappa shape index (κ2) is 7.04. The number of rotatable bonds is 6. The summed E-state index contributed by atoms with van der Waals surface area (Å²) < 4.78 is 0. The maximum Gasteiger partial charge on any atom is 0.0444 e. The van der Waals surface area contributed by atoms with Gasteiger partial charge in [0.1, 0.15) is 0 Å². The van der Waals surface area contributed by atoms with E-state index >= 15 is 0 Å². The quantitative estimate of drug-likeness (QED) is 0.738. The van der Waals surface area contributed by atoms with E-state index in [-0.39, 0.29) is 6.04 Å². The van der Waals surface area contributed by atoms with Gasteiger partial charge in [-0.1, -0.05) is 54.6 Å². The van der Waals surface area contributed by atoms with Crippen LogP contribution in [0.2, 0.25) is 0 Å². The predicted octanol–water partition coefficient (Wildman–Crippen LogP) is 1.90. The van der Waals surface area contributed by atoms with Crippen LogP contribution < -0.4 is 16.8 Å². The molecule has 1 atom stereocenters. The van der Waals surface area contributed by atoms with Crippen LogP contribution in [-0.4, -0.2) is 19.6 Å². The van der Waals surface area contributed by atoms with Gasteiger partial charge < -0.3 is 16.8 Å². The summed E-state index contributed by atoms with van der Waals surface area (Å²) in [6.45, 7) is 1.98. The lowest BCUT2D eigenvalue weighted by molar-refractivity contribution is 0.549. The minimum Gasteiger partial charge on any atom is -0.329 e. The zero-order chi connectivity index (χ0) is 13.5. The zero-order valence-corrected chi connectivity index (χ0v) is 11.0. The first-order chi connectivity index (χ1) is 9.35. The van der Waals surface area contributed by atoms with Gasteiger partial charge in [0.25, 0.3) is 0 Å². The molecule has 2 rings (SSSR count). The molecule has 1 unspecified atom stereocenters. The third kappa shape index (κ3) is 3.64. The molecule has 3 nitrogen and oxygen atoms in total. The van der Waals surface area contributed by atoms with E-state index in [1.807, 2.05) is 6.07 Å². The lowest BCUT2D eigenvalue weighted by Gasteiger charge is -2.17. The first kappa shape index (κ1) is 13.7. The molecule has 0 aliphatic rings. The molecule has 2 aromatic rings. The Kier molecular flexibility index (Phi) is 5.10. The van der Waals surface area contributed by atoms with Crippen molar-refractivity contribution < 1.29 is 0 Å². The largest absolute Gasteiger partial charge is 0.329 e. The Balaban J connectivity index is 2.13. The Hall–Kier alpha value is -1.68. The molecule has 2 aromatic carbocycles. The van der Waals surface area contributed by atoms with Gasteiger partial charge in [-0.15, -0.1) is 0 Å². The van der Waals surface area contributed by atoms with Gasteiger partial charge in [0.15, 0.2) is 0 Å². The third-order valence-electron chi connectivity index (χ3n) is 3.19. The average molecular weight is 255 g/mol. The maximum absolute atomic E-state index is 5.79. The molecule has 0 saturated heterocycles. The van der Waals surface area contributed by atoms with Crippen molar-refractivity contribution >= 4 is 0 Å². The fraction of sp³-hybridized carbons (Fsp3) is 0.250. The van der Waals surface area contributed by atoms with Crippen LogP contribution in [-0.2, 0) is 0 Å². The van der Waals surface area contributed by atoms with E-state index in [4.69, 9.17) is 11.5 Å². The SMILES string of the molecule is NCCNC(CN)c1ccc(-c2ccccc2)cc1. The van der Waals surface area contributed by atoms with E-state index in [2.05, 4.69) is 53.8 Å². The normalized spacial score (nSPS) is 12.3. The second-order valence-corrected chi connectivity index (χ2v) is 4.52. The maximum atomic E-state index is 5.79. The Bertz CT molecular complexity index is 479. The van der Waals surface area contributed by atoms with Gasteiger partial charge in [-0.2, -0.15) is 0 Å². The summed E-state index contributed by atoms with van der Waals surface area (Å²) in [5.74, 6) is 0. The topological polar surface area (TPSA) is 64.1 Å². The predicted molar refractivity (Wildman–Crippen MR) is 80.7 cm³/mol. The van der Waals surface area contributed by atoms with Crippen molar-refractivity contribution in [3.63, 3.8) is 0 Å². The summed E-state index contributed by atoms with van der Waals surface area (Å²) in [7, 11) is 0. The Morgan fingerprint density at radius 2 is 1.47 bits per heavy atom. The van der Waals surface area contributed by atoms with Crippen LogP contribution in [0.1, 0.15) is 11.6 Å². The zero-order valence-electron chi connectivity index (χ0n) is 11.0. The minimum atomic E-state index is 0.174. The molecule has 0 fully saturated rings. The van der Waals surface area contributed by atoms with E-state index in [0.29, 0.717) is 13.1 Å². The lowest BCUT2D eigenvalue weighted by atomic mass is 10.0. The highest BCUT2D eigenvalue weighted by molar-refractivity contribution is 5.63. The Morgan fingerprint density at radius 1 is 0.842 bits per heavy atom. The van der Waals surface area contributed by atoms with Crippen LogP contribution in [0.25, 0.3) is 11.1 Å². The summed E-state index contributed by atoms with van der Waals surface area (Å²) in [5.41, 5.74) is 15.0. The number of hydrogen-bond acceptors (Lipinski definition) is 3. The highest BCUT2D eigenvalue weighted by Crippen LogP contribution is 2.21. The average Bonchev–Trinajstić information content (AvgIpc) is 2.49. The fourth-order valence-corrected chi connectivity index (χ4v) is 2.13. The van der Waals surface area contributed by atoms with Crippen LogP contribution in [0.15, 0.2) is 54.6 Å². The number of nitrogens with two attached hydrogens (primary N) is 2. The molecule has 100 valence electrons. The fourth-order valence-electron chi connectivity index (χ4n) is 2.13. The highest BCUT2D eigenvalue weighted by atomic mass is 14.9. The molecule has 0 aromatic heterocycles. The minimum absolute atomic E-state index is 0.174. The van der Waals surface area contributed by atoms with E-state index < -0.39 is 0 Å². The summed E-state index contributed by atoms with van der Waals surface area (Å²) in [6.07, 6.45) is 0. The summed E-state index contributed by atoms with van der Waals surface area (Å²) in [4.78, 5) is 0. The molecule has 3 heteroatoms. The van der Waals surface area contributed by atoms with Crippen LogP contribution in [0.4, 0.5) is 0 Å². The van der Waals surface area contributed by atoms with Crippen molar-refractivity contribution in [1.29, 1.82) is 0 Å². The molecule has 0 amide bonds. The van der Waals surface area contributed by atoms with E-state index in [1.165, 1.54) is 16.7 Å². The molecular formula is C16H21N3. The molecule has 0 spiro atoms. The van der Waals surface area contributed by atoms with Crippen molar-refractivity contribution in [2.45, 2.75) is 6.04 Å². The van der Waals surface area contributed by atoms with Gasteiger partial charge in [0.05, 0.1) is 0 Å². The Labute approximate surface area is 114 Å². The van der Waals surface area contributed by atoms with Crippen molar-refractivity contribution in [1.82, 2.24) is 5.32 Å². The third-order valence-corrected chi connectivity index (χ3v) is 3.19. The van der Waals surface area contributed by atoms with Crippen molar-refractivity contribution in [3.8, 4) is 11.1 Å². The van der Waals surface area contributed by atoms with E-state index in [9.17, 15) is 0 Å². The second-order valence-electron chi connectivity index (χ2n) is 4.52. The number of nitrogens with one attached hydrogen (secondary N) is 1. The van der Waals surface area contributed by atoms with Crippen molar-refractivity contribution in [3.05, 3.63) is 60.2 Å². The molecule has 0 heterocycles. The monoisotopic (exact) mass is 255 g/mol. The molecule has 0 aliphatic heterocycles. The smallest absolute Gasteiger partial charge is 0.0444 e. The van der Waals surface area contributed by atoms with Gasteiger partial charge >= 0.3 is 0 Å². The first-order valence-electron chi connectivity index (χ1n) is 6.64. The van der Waals surface area contributed by atoms with Crippen LogP contribution in [0, 0.1) is 0 Å². The van der Waals surface area contributed by atoms with Gasteiger partial charge in [0.2, 0.25) is 0 Å². The Morgan fingerprint density at radius 3 is 2.05 bits per heavy atom. The molecule has 0 aliphatic carbocycles. The molecular weight excluding hydrogens is 234 g/mol. The van der Waals surface area contributed by atoms with Crippen LogP contribution in [0.3, 0.4) is 0 Å². The van der Waals surface area contributed by atoms with E-state index in [0.717, 1.165) is 6.54 Å². The van der Waals surface area contributed by atoms with E-state index in [1.54, 1.807) is 0 Å². The molecule has 0 saturated carbocycles. The molecule has 0 radical (unpaired) electrons. The molecule has 5 N–H and O–H groups in total. The number of hydrogen-bond donors (Lipinski definition) is 3. The van der Waals surface area contributed by atoms with Gasteiger partial charge in [-0.3, -0.25) is 0 Å². The molecule has 0 bridgehead atoms. The van der Waals surface area contributed by atoms with Gasteiger partial charge in [0, 0.05) is 25.7 Å².